The Hall–Kier alpha value is -1.25. The van der Waals surface area contributed by atoms with Crippen LogP contribution in [-0.2, 0) is 4.79 Å². The maximum atomic E-state index is 12.3. The standard InChI is InChI=1S/C13H16F3N3OS/c14-13(15,16)21-10-3-1-9(2-4-10)11(12(17)20)19-7-5-18-6-8-19/h1-4,11,18H,5-8H2,(H2,17,20). The number of amides is 1. The number of nitrogens with two attached hydrogens (primary N) is 1. The number of primary amides is 1. The van der Waals surface area contributed by atoms with E-state index in [2.05, 4.69) is 5.32 Å². The first-order chi connectivity index (χ1) is 9.87. The van der Waals surface area contributed by atoms with Crippen LogP contribution in [0.1, 0.15) is 11.6 Å². The highest BCUT2D eigenvalue weighted by atomic mass is 32.2. The molecule has 1 aromatic carbocycles. The number of carbonyl (C=O) groups excluding carboxylic acids is 1. The monoisotopic (exact) mass is 319 g/mol. The summed E-state index contributed by atoms with van der Waals surface area (Å²) in [5.74, 6) is -0.492. The van der Waals surface area contributed by atoms with Gasteiger partial charge in [0.15, 0.2) is 0 Å². The predicted octanol–water partition coefficient (Wildman–Crippen LogP) is 1.73. The lowest BCUT2D eigenvalue weighted by molar-refractivity contribution is -0.123. The Balaban J connectivity index is 2.15. The van der Waals surface area contributed by atoms with Crippen molar-refractivity contribution in [3.63, 3.8) is 0 Å². The van der Waals surface area contributed by atoms with Crippen molar-refractivity contribution in [1.82, 2.24) is 10.2 Å². The van der Waals surface area contributed by atoms with Gasteiger partial charge in [-0.2, -0.15) is 13.2 Å². The van der Waals surface area contributed by atoms with Crippen LogP contribution in [0.2, 0.25) is 0 Å². The van der Waals surface area contributed by atoms with Crippen LogP contribution in [0.3, 0.4) is 0 Å². The van der Waals surface area contributed by atoms with Crippen molar-refractivity contribution in [3.8, 4) is 0 Å². The third-order valence-electron chi connectivity index (χ3n) is 3.22. The van der Waals surface area contributed by atoms with Crippen molar-refractivity contribution in [2.24, 2.45) is 5.73 Å². The largest absolute Gasteiger partial charge is 0.446 e. The van der Waals surface area contributed by atoms with Gasteiger partial charge in [-0.05, 0) is 29.5 Å². The van der Waals surface area contributed by atoms with Crippen LogP contribution in [0.5, 0.6) is 0 Å². The molecular weight excluding hydrogens is 303 g/mol. The molecule has 0 aliphatic carbocycles. The number of benzene rings is 1. The Morgan fingerprint density at radius 1 is 1.24 bits per heavy atom. The van der Waals surface area contributed by atoms with Crippen molar-refractivity contribution in [3.05, 3.63) is 29.8 Å². The minimum absolute atomic E-state index is 0.0924. The number of hydrogen-bond acceptors (Lipinski definition) is 4. The highest BCUT2D eigenvalue weighted by Gasteiger charge is 2.30. The maximum absolute atomic E-state index is 12.3. The number of nitrogens with one attached hydrogen (secondary N) is 1. The zero-order valence-corrected chi connectivity index (χ0v) is 12.0. The average molecular weight is 319 g/mol. The quantitative estimate of drug-likeness (QED) is 0.830. The lowest BCUT2D eigenvalue weighted by atomic mass is 10.0. The van der Waals surface area contributed by atoms with Gasteiger partial charge in [-0.3, -0.25) is 9.69 Å². The van der Waals surface area contributed by atoms with E-state index in [4.69, 9.17) is 5.73 Å². The third-order valence-corrected chi connectivity index (χ3v) is 3.95. The minimum atomic E-state index is -4.32. The number of alkyl halides is 3. The molecule has 0 bridgehead atoms. The Kier molecular flexibility index (Phi) is 5.13. The van der Waals surface area contributed by atoms with Crippen molar-refractivity contribution in [1.29, 1.82) is 0 Å². The van der Waals surface area contributed by atoms with Gasteiger partial charge in [-0.25, -0.2) is 0 Å². The summed E-state index contributed by atoms with van der Waals surface area (Å²) in [6.45, 7) is 2.86. The van der Waals surface area contributed by atoms with Gasteiger partial charge in [-0.15, -0.1) is 0 Å². The van der Waals surface area contributed by atoms with E-state index < -0.39 is 17.5 Å². The van der Waals surface area contributed by atoms with E-state index in [-0.39, 0.29) is 16.7 Å². The molecule has 0 spiro atoms. The summed E-state index contributed by atoms with van der Waals surface area (Å²) in [5, 5.41) is 3.17. The Labute approximate surface area is 124 Å². The summed E-state index contributed by atoms with van der Waals surface area (Å²) in [7, 11) is 0. The molecule has 1 aliphatic rings. The number of piperazine rings is 1. The second-order valence-corrected chi connectivity index (χ2v) is 5.85. The Morgan fingerprint density at radius 2 is 1.81 bits per heavy atom. The summed E-state index contributed by atoms with van der Waals surface area (Å²) in [5.41, 5.74) is 1.76. The zero-order chi connectivity index (χ0) is 15.5. The molecule has 3 N–H and O–H groups in total. The third kappa shape index (κ3) is 4.62. The number of carbonyl (C=O) groups is 1. The molecule has 116 valence electrons. The number of rotatable bonds is 4. The topological polar surface area (TPSA) is 58.4 Å². The van der Waals surface area contributed by atoms with Gasteiger partial charge >= 0.3 is 5.51 Å². The van der Waals surface area contributed by atoms with E-state index in [1.165, 1.54) is 24.3 Å². The fourth-order valence-corrected chi connectivity index (χ4v) is 2.89. The summed E-state index contributed by atoms with van der Waals surface area (Å²) in [6.07, 6.45) is 0. The molecule has 4 nitrogen and oxygen atoms in total. The first-order valence-corrected chi connectivity index (χ1v) is 7.28. The zero-order valence-electron chi connectivity index (χ0n) is 11.2. The van der Waals surface area contributed by atoms with E-state index in [1.54, 1.807) is 0 Å². The average Bonchev–Trinajstić information content (AvgIpc) is 2.40. The Bertz CT molecular complexity index is 486. The summed E-state index contributed by atoms with van der Waals surface area (Å²) >= 11 is -0.175. The molecule has 1 aliphatic heterocycles. The Morgan fingerprint density at radius 3 is 2.29 bits per heavy atom. The molecule has 0 aromatic heterocycles. The van der Waals surface area contributed by atoms with E-state index in [0.29, 0.717) is 18.7 Å². The highest BCUT2D eigenvalue weighted by molar-refractivity contribution is 8.00. The predicted molar refractivity (Wildman–Crippen MR) is 74.7 cm³/mol. The molecule has 0 radical (unpaired) electrons. The van der Waals surface area contributed by atoms with E-state index in [9.17, 15) is 18.0 Å². The molecule has 1 aromatic rings. The normalized spacial score (nSPS) is 18.4. The highest BCUT2D eigenvalue weighted by Crippen LogP contribution is 2.37. The minimum Gasteiger partial charge on any atom is -0.368 e. The van der Waals surface area contributed by atoms with Gasteiger partial charge in [0.2, 0.25) is 5.91 Å². The summed E-state index contributed by atoms with van der Waals surface area (Å²) in [6, 6.07) is 5.20. The summed E-state index contributed by atoms with van der Waals surface area (Å²) < 4.78 is 36.9. The first-order valence-electron chi connectivity index (χ1n) is 6.46. The molecule has 1 saturated heterocycles. The molecule has 1 heterocycles. The van der Waals surface area contributed by atoms with E-state index in [1.807, 2.05) is 4.90 Å². The van der Waals surface area contributed by atoms with Crippen molar-refractivity contribution >= 4 is 17.7 Å². The molecule has 1 atom stereocenters. The van der Waals surface area contributed by atoms with Crippen LogP contribution in [0.25, 0.3) is 0 Å². The van der Waals surface area contributed by atoms with Gasteiger partial charge in [0.1, 0.15) is 6.04 Å². The van der Waals surface area contributed by atoms with Gasteiger partial charge in [0.25, 0.3) is 0 Å². The van der Waals surface area contributed by atoms with E-state index in [0.717, 1.165) is 13.1 Å². The van der Waals surface area contributed by atoms with Crippen LogP contribution < -0.4 is 11.1 Å². The number of halogens is 3. The van der Waals surface area contributed by atoms with E-state index >= 15 is 0 Å². The van der Waals surface area contributed by atoms with Crippen LogP contribution in [0.4, 0.5) is 13.2 Å². The number of nitrogens with zero attached hydrogens (tertiary/aromatic N) is 1. The van der Waals surface area contributed by atoms with Crippen LogP contribution in [-0.4, -0.2) is 42.5 Å². The molecular formula is C13H16F3N3OS. The van der Waals surface area contributed by atoms with Crippen LogP contribution >= 0.6 is 11.8 Å². The lowest BCUT2D eigenvalue weighted by Crippen LogP contribution is -2.48. The number of thioether (sulfide) groups is 1. The smallest absolute Gasteiger partial charge is 0.368 e. The number of hydrogen-bond donors (Lipinski definition) is 2. The molecule has 1 unspecified atom stereocenters. The molecule has 2 rings (SSSR count). The maximum Gasteiger partial charge on any atom is 0.446 e. The van der Waals surface area contributed by atoms with Crippen molar-refractivity contribution < 1.29 is 18.0 Å². The van der Waals surface area contributed by atoms with Crippen LogP contribution in [0.15, 0.2) is 29.2 Å². The molecule has 1 amide bonds. The van der Waals surface area contributed by atoms with Crippen LogP contribution in [0, 0.1) is 0 Å². The molecule has 8 heteroatoms. The van der Waals surface area contributed by atoms with Crippen molar-refractivity contribution in [2.45, 2.75) is 16.4 Å². The lowest BCUT2D eigenvalue weighted by Gasteiger charge is -2.33. The van der Waals surface area contributed by atoms with Gasteiger partial charge in [-0.1, -0.05) is 12.1 Å². The molecule has 21 heavy (non-hydrogen) atoms. The second kappa shape index (κ2) is 6.67. The van der Waals surface area contributed by atoms with Crippen molar-refractivity contribution in [2.75, 3.05) is 26.2 Å². The van der Waals surface area contributed by atoms with Gasteiger partial charge < -0.3 is 11.1 Å². The first kappa shape index (κ1) is 16.1. The second-order valence-electron chi connectivity index (χ2n) is 4.71. The summed E-state index contributed by atoms with van der Waals surface area (Å²) in [4.78, 5) is 13.7. The molecule has 1 fully saturated rings. The molecule has 0 saturated carbocycles. The van der Waals surface area contributed by atoms with Gasteiger partial charge in [0.05, 0.1) is 0 Å². The SMILES string of the molecule is NC(=O)C(c1ccc(SC(F)(F)F)cc1)N1CCNCC1. The fourth-order valence-electron chi connectivity index (χ4n) is 2.35. The van der Waals surface area contributed by atoms with Gasteiger partial charge in [0, 0.05) is 31.1 Å². The fraction of sp³-hybridized carbons (Fsp3) is 0.462.